The predicted octanol–water partition coefficient (Wildman–Crippen LogP) is 3.81. The molecule has 3 rings (SSSR count). The second-order valence-corrected chi connectivity index (χ2v) is 8.25. The van der Waals surface area contributed by atoms with Crippen LogP contribution >= 0.6 is 0 Å². The first-order valence-electron chi connectivity index (χ1n) is 8.79. The van der Waals surface area contributed by atoms with Gasteiger partial charge in [0.15, 0.2) is 5.78 Å². The van der Waals surface area contributed by atoms with E-state index >= 15 is 0 Å². The number of ether oxygens (including phenoxy) is 1. The minimum atomic E-state index is -3.66. The van der Waals surface area contributed by atoms with Crippen molar-refractivity contribution in [2.75, 3.05) is 13.2 Å². The highest BCUT2D eigenvalue weighted by molar-refractivity contribution is 7.89. The molecule has 0 bridgehead atoms. The molecule has 0 N–H and O–H groups in total. The first-order chi connectivity index (χ1) is 12.4. The summed E-state index contributed by atoms with van der Waals surface area (Å²) in [5.74, 6) is 0.629. The smallest absolute Gasteiger partial charge is 0.243 e. The van der Waals surface area contributed by atoms with Crippen LogP contribution in [0.15, 0.2) is 53.4 Å². The highest BCUT2D eigenvalue weighted by Crippen LogP contribution is 2.37. The van der Waals surface area contributed by atoms with Crippen molar-refractivity contribution in [3.8, 4) is 5.75 Å². The van der Waals surface area contributed by atoms with Crippen LogP contribution in [-0.4, -0.2) is 31.7 Å². The SMILES string of the molecule is CCOc1ccc([C@H]2CCCN2S(=O)(=O)c2cccc(C(C)=O)c2)cc1. The van der Waals surface area contributed by atoms with Gasteiger partial charge < -0.3 is 4.74 Å². The van der Waals surface area contributed by atoms with Gasteiger partial charge in [-0.15, -0.1) is 0 Å². The van der Waals surface area contributed by atoms with E-state index in [4.69, 9.17) is 4.74 Å². The van der Waals surface area contributed by atoms with E-state index in [9.17, 15) is 13.2 Å². The quantitative estimate of drug-likeness (QED) is 0.722. The molecule has 1 saturated heterocycles. The monoisotopic (exact) mass is 373 g/mol. The Morgan fingerprint density at radius 3 is 2.58 bits per heavy atom. The minimum absolute atomic E-state index is 0.147. The summed E-state index contributed by atoms with van der Waals surface area (Å²) in [6.07, 6.45) is 1.59. The third-order valence-corrected chi connectivity index (χ3v) is 6.53. The van der Waals surface area contributed by atoms with Crippen LogP contribution in [0.1, 0.15) is 48.7 Å². The number of carbonyl (C=O) groups excluding carboxylic acids is 1. The van der Waals surface area contributed by atoms with E-state index in [0.717, 1.165) is 24.2 Å². The molecule has 1 heterocycles. The van der Waals surface area contributed by atoms with E-state index in [1.807, 2.05) is 31.2 Å². The van der Waals surface area contributed by atoms with E-state index < -0.39 is 10.0 Å². The van der Waals surface area contributed by atoms with Crippen molar-refractivity contribution in [3.63, 3.8) is 0 Å². The summed E-state index contributed by atoms with van der Waals surface area (Å²) in [5.41, 5.74) is 1.36. The van der Waals surface area contributed by atoms with Crippen LogP contribution in [0.5, 0.6) is 5.75 Å². The number of ketones is 1. The van der Waals surface area contributed by atoms with Crippen molar-refractivity contribution >= 4 is 15.8 Å². The zero-order valence-electron chi connectivity index (χ0n) is 15.0. The molecule has 2 aromatic rings. The maximum atomic E-state index is 13.2. The van der Waals surface area contributed by atoms with Gasteiger partial charge in [-0.3, -0.25) is 4.79 Å². The summed E-state index contributed by atoms with van der Waals surface area (Å²) in [4.78, 5) is 11.8. The van der Waals surface area contributed by atoms with Crippen LogP contribution in [0, 0.1) is 0 Å². The van der Waals surface area contributed by atoms with Crippen molar-refractivity contribution in [1.82, 2.24) is 4.31 Å². The van der Waals surface area contributed by atoms with Crippen molar-refractivity contribution in [3.05, 3.63) is 59.7 Å². The number of nitrogens with zero attached hydrogens (tertiary/aromatic N) is 1. The summed E-state index contributed by atoms with van der Waals surface area (Å²) in [7, 11) is -3.66. The number of carbonyl (C=O) groups is 1. The van der Waals surface area contributed by atoms with Crippen molar-refractivity contribution in [2.45, 2.75) is 37.6 Å². The Balaban J connectivity index is 1.91. The van der Waals surface area contributed by atoms with E-state index in [-0.39, 0.29) is 16.7 Å². The summed E-state index contributed by atoms with van der Waals surface area (Å²) < 4.78 is 33.3. The van der Waals surface area contributed by atoms with Gasteiger partial charge in [0.25, 0.3) is 0 Å². The van der Waals surface area contributed by atoms with Gasteiger partial charge in [0.05, 0.1) is 17.5 Å². The fraction of sp³-hybridized carbons (Fsp3) is 0.350. The lowest BCUT2D eigenvalue weighted by molar-refractivity contribution is 0.101. The molecule has 0 aliphatic carbocycles. The predicted molar refractivity (Wildman–Crippen MR) is 99.9 cm³/mol. The maximum Gasteiger partial charge on any atom is 0.243 e. The van der Waals surface area contributed by atoms with Gasteiger partial charge in [-0.05, 0) is 56.5 Å². The molecule has 0 radical (unpaired) electrons. The topological polar surface area (TPSA) is 63.7 Å². The molecular formula is C20H23NO4S. The lowest BCUT2D eigenvalue weighted by Crippen LogP contribution is -2.30. The summed E-state index contributed by atoms with van der Waals surface area (Å²) >= 11 is 0. The first-order valence-corrected chi connectivity index (χ1v) is 10.2. The van der Waals surface area contributed by atoms with Gasteiger partial charge in [-0.1, -0.05) is 24.3 Å². The number of hydrogen-bond acceptors (Lipinski definition) is 4. The highest BCUT2D eigenvalue weighted by atomic mass is 32.2. The van der Waals surface area contributed by atoms with Crippen LogP contribution in [-0.2, 0) is 10.0 Å². The largest absolute Gasteiger partial charge is 0.494 e. The van der Waals surface area contributed by atoms with Gasteiger partial charge >= 0.3 is 0 Å². The zero-order chi connectivity index (χ0) is 18.7. The van der Waals surface area contributed by atoms with Crippen LogP contribution in [0.4, 0.5) is 0 Å². The first kappa shape index (κ1) is 18.6. The normalized spacial score (nSPS) is 18.0. The third kappa shape index (κ3) is 3.66. The van der Waals surface area contributed by atoms with E-state index in [1.54, 1.807) is 22.5 Å². The Morgan fingerprint density at radius 1 is 1.19 bits per heavy atom. The molecule has 138 valence electrons. The van der Waals surface area contributed by atoms with Crippen LogP contribution in [0.2, 0.25) is 0 Å². The van der Waals surface area contributed by atoms with Crippen molar-refractivity contribution in [1.29, 1.82) is 0 Å². The fourth-order valence-corrected chi connectivity index (χ4v) is 5.05. The Kier molecular flexibility index (Phi) is 5.44. The molecule has 0 saturated carbocycles. The fourth-order valence-electron chi connectivity index (χ4n) is 3.32. The highest BCUT2D eigenvalue weighted by Gasteiger charge is 2.36. The zero-order valence-corrected chi connectivity index (χ0v) is 15.8. The number of benzene rings is 2. The van der Waals surface area contributed by atoms with Crippen molar-refractivity contribution in [2.24, 2.45) is 0 Å². The lowest BCUT2D eigenvalue weighted by atomic mass is 10.1. The number of Topliss-reactive ketones (excluding diaryl/α,β-unsaturated/α-hetero) is 1. The Hall–Kier alpha value is -2.18. The van der Waals surface area contributed by atoms with Gasteiger partial charge in [-0.25, -0.2) is 8.42 Å². The Labute approximate surface area is 154 Å². The van der Waals surface area contributed by atoms with Crippen LogP contribution in [0.3, 0.4) is 0 Å². The number of sulfonamides is 1. The second kappa shape index (κ2) is 7.60. The molecule has 1 aliphatic heterocycles. The minimum Gasteiger partial charge on any atom is -0.494 e. The molecular weight excluding hydrogens is 350 g/mol. The van der Waals surface area contributed by atoms with Gasteiger partial charge in [0.1, 0.15) is 5.75 Å². The average Bonchev–Trinajstić information content (AvgIpc) is 3.13. The summed E-state index contributed by atoms with van der Waals surface area (Å²) in [6.45, 7) is 4.43. The molecule has 5 nitrogen and oxygen atoms in total. The molecule has 0 amide bonds. The Morgan fingerprint density at radius 2 is 1.92 bits per heavy atom. The molecule has 1 fully saturated rings. The summed E-state index contributed by atoms with van der Waals surface area (Å²) in [5, 5.41) is 0. The molecule has 1 atom stereocenters. The maximum absolute atomic E-state index is 13.2. The standard InChI is InChI=1S/C20H23NO4S/c1-3-25-18-11-9-16(10-12-18)20-8-5-13-21(20)26(23,24)19-7-4-6-17(14-19)15(2)22/h4,6-7,9-12,14,20H,3,5,8,13H2,1-2H3/t20-/m1/s1. The molecule has 6 heteroatoms. The molecule has 26 heavy (non-hydrogen) atoms. The molecule has 0 spiro atoms. The van der Waals surface area contributed by atoms with Crippen molar-refractivity contribution < 1.29 is 17.9 Å². The molecule has 0 unspecified atom stereocenters. The van der Waals surface area contributed by atoms with Gasteiger partial charge in [0.2, 0.25) is 10.0 Å². The molecule has 1 aliphatic rings. The second-order valence-electron chi connectivity index (χ2n) is 6.36. The summed E-state index contributed by atoms with van der Waals surface area (Å²) in [6, 6.07) is 13.7. The van der Waals surface area contributed by atoms with Crippen LogP contribution in [0.25, 0.3) is 0 Å². The van der Waals surface area contributed by atoms with E-state index in [1.165, 1.54) is 13.0 Å². The Bertz CT molecular complexity index is 890. The number of hydrogen-bond donors (Lipinski definition) is 0. The average molecular weight is 373 g/mol. The van der Waals surface area contributed by atoms with E-state index in [0.29, 0.717) is 18.7 Å². The lowest BCUT2D eigenvalue weighted by Gasteiger charge is -2.25. The van der Waals surface area contributed by atoms with Gasteiger partial charge in [-0.2, -0.15) is 4.31 Å². The van der Waals surface area contributed by atoms with Gasteiger partial charge in [0, 0.05) is 12.1 Å². The van der Waals surface area contributed by atoms with Crippen LogP contribution < -0.4 is 4.74 Å². The van der Waals surface area contributed by atoms with E-state index in [2.05, 4.69) is 0 Å². The number of rotatable bonds is 6. The molecule has 2 aromatic carbocycles. The molecule has 0 aromatic heterocycles. The third-order valence-electron chi connectivity index (χ3n) is 4.63.